The number of nitro groups is 1. The van der Waals surface area contributed by atoms with E-state index in [1.54, 1.807) is 0 Å². The van der Waals surface area contributed by atoms with Crippen molar-refractivity contribution in [3.8, 4) is 5.69 Å². The van der Waals surface area contributed by atoms with E-state index < -0.39 is 34.5 Å². The molecule has 12 nitrogen and oxygen atoms in total. The minimum absolute atomic E-state index is 0.0100. The van der Waals surface area contributed by atoms with E-state index in [2.05, 4.69) is 31.9 Å². The van der Waals surface area contributed by atoms with Crippen LogP contribution in [0.1, 0.15) is 16.8 Å². The molecule has 0 aliphatic carbocycles. The highest BCUT2D eigenvalue weighted by molar-refractivity contribution is 9.08. The number of halogens is 4. The first-order valence-electron chi connectivity index (χ1n) is 11.8. The maximum atomic E-state index is 13.8. The van der Waals surface area contributed by atoms with Crippen LogP contribution in [0.2, 0.25) is 0 Å². The number of nitro benzene ring substituents is 1. The van der Waals surface area contributed by atoms with Crippen LogP contribution in [-0.2, 0) is 22.8 Å². The molecule has 212 valence electrons. The predicted octanol–water partition coefficient (Wildman–Crippen LogP) is 3.61. The Labute approximate surface area is 236 Å². The van der Waals surface area contributed by atoms with Gasteiger partial charge in [-0.15, -0.1) is 5.10 Å². The van der Waals surface area contributed by atoms with Gasteiger partial charge in [-0.25, -0.2) is 14.0 Å². The summed E-state index contributed by atoms with van der Waals surface area (Å²) in [5.41, 5.74) is 2.69. The lowest BCUT2D eigenvalue weighted by molar-refractivity contribution is -0.384. The van der Waals surface area contributed by atoms with Gasteiger partial charge in [-0.1, -0.05) is 34.1 Å². The zero-order valence-electron chi connectivity index (χ0n) is 21.0. The molecule has 5 rings (SSSR count). The van der Waals surface area contributed by atoms with Gasteiger partial charge in [0.15, 0.2) is 5.65 Å². The van der Waals surface area contributed by atoms with Crippen molar-refractivity contribution in [2.75, 3.05) is 7.11 Å². The van der Waals surface area contributed by atoms with E-state index in [0.717, 1.165) is 15.2 Å². The molecule has 1 aliphatic rings. The molecular formula is C25H19BrF3N7O5. The Morgan fingerprint density at radius 2 is 1.78 bits per heavy atom. The van der Waals surface area contributed by atoms with Gasteiger partial charge in [0.25, 0.3) is 11.2 Å². The number of aromatic nitrogens is 4. The van der Waals surface area contributed by atoms with Gasteiger partial charge in [-0.05, 0) is 29.8 Å². The summed E-state index contributed by atoms with van der Waals surface area (Å²) in [6, 6.07) is 10.1. The van der Waals surface area contributed by atoms with Gasteiger partial charge in [0.05, 0.1) is 35.5 Å². The van der Waals surface area contributed by atoms with Gasteiger partial charge < -0.3 is 4.74 Å². The third-order valence-electron chi connectivity index (χ3n) is 6.31. The van der Waals surface area contributed by atoms with E-state index in [1.807, 2.05) is 0 Å². The SMILES string of the molecule is COC1=CC=C(n2c(=O)c3c(CBr)n(-c4ccc([N+](=O)[O-])cc4)nc3n(Cc3ccccc3C(F)(F)F)c2=O)NN1. The van der Waals surface area contributed by atoms with E-state index >= 15 is 0 Å². The first kappa shape index (κ1) is 27.7. The molecule has 2 N–H and O–H groups in total. The second-order valence-corrected chi connectivity index (χ2v) is 9.23. The number of allylic oxidation sites excluding steroid dienone is 2. The average molecular weight is 634 g/mol. The number of fused-ring (bicyclic) bond motifs is 1. The summed E-state index contributed by atoms with van der Waals surface area (Å²) in [6.07, 6.45) is -1.85. The van der Waals surface area contributed by atoms with E-state index in [4.69, 9.17) is 4.74 Å². The third-order valence-corrected chi connectivity index (χ3v) is 6.84. The molecule has 0 radical (unpaired) electrons. The summed E-state index contributed by atoms with van der Waals surface area (Å²) in [7, 11) is 1.40. The summed E-state index contributed by atoms with van der Waals surface area (Å²) >= 11 is 3.34. The number of ether oxygens (including phenoxy) is 1. The minimum Gasteiger partial charge on any atom is -0.481 e. The highest BCUT2D eigenvalue weighted by Crippen LogP contribution is 2.32. The minimum atomic E-state index is -4.70. The molecule has 2 aromatic heterocycles. The molecule has 1 aliphatic heterocycles. The van der Waals surface area contributed by atoms with Crippen LogP contribution in [0.4, 0.5) is 18.9 Å². The summed E-state index contributed by atoms with van der Waals surface area (Å²) in [4.78, 5) is 38.2. The summed E-state index contributed by atoms with van der Waals surface area (Å²) in [6.45, 7) is -0.565. The molecule has 41 heavy (non-hydrogen) atoms. The molecule has 0 saturated carbocycles. The lowest BCUT2D eigenvalue weighted by Crippen LogP contribution is -2.46. The number of rotatable bonds is 7. The van der Waals surface area contributed by atoms with Crippen LogP contribution in [0, 0.1) is 10.1 Å². The van der Waals surface area contributed by atoms with E-state index in [0.29, 0.717) is 5.69 Å². The summed E-state index contributed by atoms with van der Waals surface area (Å²) in [5.74, 6) is 0.276. The van der Waals surface area contributed by atoms with Gasteiger partial charge in [0, 0.05) is 23.5 Å². The van der Waals surface area contributed by atoms with E-state index in [-0.39, 0.29) is 45.0 Å². The van der Waals surface area contributed by atoms with Crippen molar-refractivity contribution in [2.24, 2.45) is 0 Å². The number of hydrazine groups is 1. The molecule has 0 unspecified atom stereocenters. The number of benzene rings is 2. The fraction of sp³-hybridized carbons (Fsp3) is 0.160. The largest absolute Gasteiger partial charge is 0.481 e. The maximum absolute atomic E-state index is 13.8. The number of alkyl halides is 4. The maximum Gasteiger partial charge on any atom is 0.416 e. The Morgan fingerprint density at radius 1 is 1.07 bits per heavy atom. The van der Waals surface area contributed by atoms with Gasteiger partial charge in [-0.3, -0.25) is 30.3 Å². The molecule has 3 heterocycles. The molecule has 16 heteroatoms. The van der Waals surface area contributed by atoms with Crippen molar-refractivity contribution >= 4 is 38.5 Å². The standard InChI is InChI=1S/C25H19BrF3N7O5/c1-41-20-11-10-19(30-31-20)34-23(37)21-18(12-26)35(15-6-8-16(9-7-15)36(39)40)32-22(21)33(24(34)38)13-14-4-2-3-5-17(14)25(27,28)29/h2-11,30-31H,12-13H2,1H3. The van der Waals surface area contributed by atoms with Crippen LogP contribution in [-0.4, -0.2) is 30.9 Å². The fourth-order valence-electron chi connectivity index (χ4n) is 4.38. The Kier molecular flexibility index (Phi) is 7.17. The van der Waals surface area contributed by atoms with Crippen molar-refractivity contribution in [3.05, 3.63) is 114 Å². The molecule has 0 bridgehead atoms. The molecule has 0 atom stereocenters. The van der Waals surface area contributed by atoms with Crippen molar-refractivity contribution < 1.29 is 22.8 Å². The number of methoxy groups -OCH3 is 1. The number of hydrogen-bond donors (Lipinski definition) is 2. The monoisotopic (exact) mass is 633 g/mol. The summed E-state index contributed by atoms with van der Waals surface area (Å²) < 4.78 is 49.7. The first-order chi connectivity index (χ1) is 19.5. The van der Waals surface area contributed by atoms with Gasteiger partial charge in [-0.2, -0.15) is 13.2 Å². The first-order valence-corrected chi connectivity index (χ1v) is 12.9. The van der Waals surface area contributed by atoms with Gasteiger partial charge in [0.2, 0.25) is 5.88 Å². The predicted molar refractivity (Wildman–Crippen MR) is 145 cm³/mol. The van der Waals surface area contributed by atoms with Crippen molar-refractivity contribution in [1.82, 2.24) is 29.8 Å². The smallest absolute Gasteiger partial charge is 0.416 e. The lowest BCUT2D eigenvalue weighted by atomic mass is 10.1. The average Bonchev–Trinajstić information content (AvgIpc) is 3.35. The van der Waals surface area contributed by atoms with Crippen LogP contribution < -0.4 is 22.1 Å². The van der Waals surface area contributed by atoms with Crippen LogP contribution in [0.5, 0.6) is 0 Å². The normalized spacial score (nSPS) is 13.3. The molecule has 0 spiro atoms. The molecule has 0 saturated heterocycles. The highest BCUT2D eigenvalue weighted by Gasteiger charge is 2.34. The molecule has 0 amide bonds. The fourth-order valence-corrected chi connectivity index (χ4v) is 4.90. The molecule has 0 fully saturated rings. The zero-order chi connectivity index (χ0) is 29.5. The molecular weight excluding hydrogens is 615 g/mol. The number of non-ortho nitro benzene ring substituents is 1. The van der Waals surface area contributed by atoms with Gasteiger partial charge >= 0.3 is 11.9 Å². The van der Waals surface area contributed by atoms with Crippen molar-refractivity contribution in [2.45, 2.75) is 18.1 Å². The zero-order valence-corrected chi connectivity index (χ0v) is 22.6. The van der Waals surface area contributed by atoms with Crippen LogP contribution in [0.15, 0.2) is 76.2 Å². The Balaban J connectivity index is 1.82. The summed E-state index contributed by atoms with van der Waals surface area (Å²) in [5, 5.41) is 15.6. The van der Waals surface area contributed by atoms with Gasteiger partial charge in [0.1, 0.15) is 11.2 Å². The highest BCUT2D eigenvalue weighted by atomic mass is 79.9. The molecule has 2 aromatic carbocycles. The second-order valence-electron chi connectivity index (χ2n) is 8.67. The van der Waals surface area contributed by atoms with Crippen LogP contribution in [0.25, 0.3) is 22.5 Å². The number of nitrogens with one attached hydrogen (secondary N) is 2. The topological polar surface area (TPSA) is 138 Å². The molecule has 4 aromatic rings. The Hall–Kier alpha value is -4.86. The van der Waals surface area contributed by atoms with E-state index in [1.165, 1.54) is 66.4 Å². The van der Waals surface area contributed by atoms with Crippen molar-refractivity contribution in [3.63, 3.8) is 0 Å². The van der Waals surface area contributed by atoms with Crippen molar-refractivity contribution in [1.29, 1.82) is 0 Å². The van der Waals surface area contributed by atoms with Crippen LogP contribution >= 0.6 is 15.9 Å². The van der Waals surface area contributed by atoms with Crippen LogP contribution in [0.3, 0.4) is 0 Å². The second kappa shape index (κ2) is 10.6. The number of hydrogen-bond acceptors (Lipinski definition) is 8. The Bertz CT molecular complexity index is 1860. The Morgan fingerprint density at radius 3 is 2.37 bits per heavy atom. The third kappa shape index (κ3) is 4.97. The quantitative estimate of drug-likeness (QED) is 0.179. The lowest BCUT2D eigenvalue weighted by Gasteiger charge is -2.20. The van der Waals surface area contributed by atoms with E-state index in [9.17, 15) is 32.9 Å². The number of nitrogens with zero attached hydrogens (tertiary/aromatic N) is 5.